The topological polar surface area (TPSA) is 52.8 Å². The SMILES string of the molecule is Fc1cc(CSc2nnc(COc3ccccc3Cl)n2C2CC2)c2ncccc2c1. The Balaban J connectivity index is 1.36. The van der Waals surface area contributed by atoms with Crippen LogP contribution in [-0.2, 0) is 12.4 Å². The van der Waals surface area contributed by atoms with Gasteiger partial charge in [-0.25, -0.2) is 4.39 Å². The molecule has 1 aliphatic rings. The molecular formula is C22H18ClFN4OS. The molecule has 8 heteroatoms. The first-order valence-electron chi connectivity index (χ1n) is 9.66. The number of pyridine rings is 1. The Morgan fingerprint density at radius 3 is 2.83 bits per heavy atom. The lowest BCUT2D eigenvalue weighted by Gasteiger charge is -2.11. The quantitative estimate of drug-likeness (QED) is 0.339. The average molecular weight is 441 g/mol. The van der Waals surface area contributed by atoms with Gasteiger partial charge in [0.1, 0.15) is 18.2 Å². The summed E-state index contributed by atoms with van der Waals surface area (Å²) in [5.74, 6) is 1.68. The molecular weight excluding hydrogens is 423 g/mol. The lowest BCUT2D eigenvalue weighted by molar-refractivity contribution is 0.288. The third-order valence-electron chi connectivity index (χ3n) is 4.95. The van der Waals surface area contributed by atoms with Crippen molar-refractivity contribution < 1.29 is 9.13 Å². The van der Waals surface area contributed by atoms with Crippen molar-refractivity contribution in [2.24, 2.45) is 0 Å². The van der Waals surface area contributed by atoms with Crippen LogP contribution in [0.3, 0.4) is 0 Å². The Kier molecular flexibility index (Phi) is 5.31. The molecule has 5 nitrogen and oxygen atoms in total. The van der Waals surface area contributed by atoms with E-state index in [1.807, 2.05) is 30.3 Å². The van der Waals surface area contributed by atoms with Crippen LogP contribution in [0.1, 0.15) is 30.3 Å². The van der Waals surface area contributed by atoms with E-state index in [9.17, 15) is 4.39 Å². The second kappa shape index (κ2) is 8.24. The first kappa shape index (κ1) is 19.3. The van der Waals surface area contributed by atoms with Crippen molar-refractivity contribution in [1.29, 1.82) is 0 Å². The van der Waals surface area contributed by atoms with Gasteiger partial charge in [0.15, 0.2) is 11.0 Å². The van der Waals surface area contributed by atoms with Gasteiger partial charge < -0.3 is 4.74 Å². The van der Waals surface area contributed by atoms with Crippen LogP contribution in [0, 0.1) is 5.82 Å². The van der Waals surface area contributed by atoms with Crippen LogP contribution in [0.15, 0.2) is 59.9 Å². The largest absolute Gasteiger partial charge is 0.484 e. The summed E-state index contributed by atoms with van der Waals surface area (Å²) in [7, 11) is 0. The zero-order valence-electron chi connectivity index (χ0n) is 16.0. The molecule has 152 valence electrons. The molecule has 0 bridgehead atoms. The molecule has 2 aromatic heterocycles. The molecule has 1 saturated carbocycles. The van der Waals surface area contributed by atoms with Crippen molar-refractivity contribution in [2.45, 2.75) is 36.4 Å². The van der Waals surface area contributed by atoms with E-state index >= 15 is 0 Å². The molecule has 1 fully saturated rings. The van der Waals surface area contributed by atoms with Gasteiger partial charge in [0.05, 0.1) is 10.5 Å². The van der Waals surface area contributed by atoms with Crippen LogP contribution >= 0.6 is 23.4 Å². The maximum atomic E-state index is 14.0. The van der Waals surface area contributed by atoms with Crippen molar-refractivity contribution >= 4 is 34.3 Å². The molecule has 0 N–H and O–H groups in total. The standard InChI is InChI=1S/C22H18ClFN4OS/c23-18-5-1-2-6-19(18)29-12-20-26-27-22(28(20)17-7-8-17)30-13-15-11-16(24)10-14-4-3-9-25-21(14)15/h1-6,9-11,17H,7-8,12-13H2. The minimum Gasteiger partial charge on any atom is -0.484 e. The van der Waals surface area contributed by atoms with Crippen LogP contribution in [0.2, 0.25) is 5.02 Å². The molecule has 2 heterocycles. The Hall–Kier alpha value is -2.64. The number of halogens is 2. The zero-order chi connectivity index (χ0) is 20.5. The first-order valence-corrected chi connectivity index (χ1v) is 11.0. The predicted molar refractivity (Wildman–Crippen MR) is 115 cm³/mol. The number of rotatable bonds is 7. The van der Waals surface area contributed by atoms with E-state index in [4.69, 9.17) is 16.3 Å². The number of nitrogens with zero attached hydrogens (tertiary/aromatic N) is 4. The summed E-state index contributed by atoms with van der Waals surface area (Å²) in [6, 6.07) is 14.5. The van der Waals surface area contributed by atoms with Gasteiger partial charge in [-0.3, -0.25) is 9.55 Å². The third kappa shape index (κ3) is 4.00. The summed E-state index contributed by atoms with van der Waals surface area (Å²) in [5.41, 5.74) is 1.65. The number of ether oxygens (including phenoxy) is 1. The smallest absolute Gasteiger partial charge is 0.191 e. The van der Waals surface area contributed by atoms with Crippen LogP contribution in [0.5, 0.6) is 5.75 Å². The second-order valence-corrected chi connectivity index (χ2v) is 8.50. The Labute approximate surface area is 182 Å². The van der Waals surface area contributed by atoms with Crippen LogP contribution < -0.4 is 4.74 Å². The molecule has 0 saturated heterocycles. The van der Waals surface area contributed by atoms with Gasteiger partial charge in [0.2, 0.25) is 0 Å². The van der Waals surface area contributed by atoms with E-state index in [0.29, 0.717) is 22.6 Å². The van der Waals surface area contributed by atoms with Gasteiger partial charge in [-0.2, -0.15) is 0 Å². The molecule has 0 radical (unpaired) electrons. The maximum absolute atomic E-state index is 14.0. The van der Waals surface area contributed by atoms with E-state index in [1.54, 1.807) is 18.3 Å². The Bertz CT molecular complexity index is 1210. The normalized spacial score (nSPS) is 13.7. The van der Waals surface area contributed by atoms with Crippen molar-refractivity contribution in [3.8, 4) is 5.75 Å². The lowest BCUT2D eigenvalue weighted by atomic mass is 10.1. The molecule has 0 unspecified atom stereocenters. The molecule has 2 aromatic carbocycles. The fraction of sp³-hybridized carbons (Fsp3) is 0.227. The van der Waals surface area contributed by atoms with E-state index in [1.165, 1.54) is 17.8 Å². The number of hydrogen-bond donors (Lipinski definition) is 0. The number of para-hydroxylation sites is 1. The average Bonchev–Trinajstić information content (AvgIpc) is 3.51. The molecule has 0 aliphatic heterocycles. The number of thioether (sulfide) groups is 1. The summed E-state index contributed by atoms with van der Waals surface area (Å²) in [6.07, 6.45) is 3.91. The highest BCUT2D eigenvalue weighted by atomic mass is 35.5. The van der Waals surface area contributed by atoms with Gasteiger partial charge in [-0.1, -0.05) is 41.6 Å². The predicted octanol–water partition coefficient (Wildman–Crippen LogP) is 5.83. The van der Waals surface area contributed by atoms with Crippen LogP contribution in [0.25, 0.3) is 10.9 Å². The van der Waals surface area contributed by atoms with Gasteiger partial charge in [0, 0.05) is 23.4 Å². The van der Waals surface area contributed by atoms with Gasteiger partial charge in [0.25, 0.3) is 0 Å². The fourth-order valence-electron chi connectivity index (χ4n) is 3.39. The third-order valence-corrected chi connectivity index (χ3v) is 6.25. The molecule has 5 rings (SSSR count). The van der Waals surface area contributed by atoms with Crippen molar-refractivity contribution in [3.05, 3.63) is 77.0 Å². The number of fused-ring (bicyclic) bond motifs is 1. The summed E-state index contributed by atoms with van der Waals surface area (Å²) < 4.78 is 22.0. The number of aromatic nitrogens is 4. The van der Waals surface area contributed by atoms with Gasteiger partial charge >= 0.3 is 0 Å². The van der Waals surface area contributed by atoms with E-state index < -0.39 is 0 Å². The first-order chi connectivity index (χ1) is 14.7. The van der Waals surface area contributed by atoms with Crippen molar-refractivity contribution in [1.82, 2.24) is 19.7 Å². The van der Waals surface area contributed by atoms with E-state index in [-0.39, 0.29) is 12.4 Å². The minimum absolute atomic E-state index is 0.261. The summed E-state index contributed by atoms with van der Waals surface area (Å²) in [5, 5.41) is 10.9. The highest BCUT2D eigenvalue weighted by Gasteiger charge is 2.30. The van der Waals surface area contributed by atoms with Gasteiger partial charge in [-0.05, 0) is 48.7 Å². The molecule has 4 aromatic rings. The highest BCUT2D eigenvalue weighted by Crippen LogP contribution is 2.40. The van der Waals surface area contributed by atoms with E-state index in [2.05, 4.69) is 19.7 Å². The monoisotopic (exact) mass is 440 g/mol. The van der Waals surface area contributed by atoms with Crippen LogP contribution in [0.4, 0.5) is 4.39 Å². The molecule has 0 amide bonds. The molecule has 0 spiro atoms. The lowest BCUT2D eigenvalue weighted by Crippen LogP contribution is -2.07. The van der Waals surface area contributed by atoms with Gasteiger partial charge in [-0.15, -0.1) is 10.2 Å². The maximum Gasteiger partial charge on any atom is 0.191 e. The number of benzene rings is 2. The Morgan fingerprint density at radius 2 is 2.00 bits per heavy atom. The summed E-state index contributed by atoms with van der Waals surface area (Å²) >= 11 is 7.72. The second-order valence-electron chi connectivity index (χ2n) is 7.15. The van der Waals surface area contributed by atoms with Crippen molar-refractivity contribution in [3.63, 3.8) is 0 Å². The Morgan fingerprint density at radius 1 is 1.13 bits per heavy atom. The summed E-state index contributed by atoms with van der Waals surface area (Å²) in [4.78, 5) is 4.43. The van der Waals surface area contributed by atoms with E-state index in [0.717, 1.165) is 40.3 Å². The zero-order valence-corrected chi connectivity index (χ0v) is 17.5. The molecule has 1 aliphatic carbocycles. The summed E-state index contributed by atoms with van der Waals surface area (Å²) in [6.45, 7) is 0.290. The molecule has 30 heavy (non-hydrogen) atoms. The molecule has 0 atom stereocenters. The number of hydrogen-bond acceptors (Lipinski definition) is 5. The van der Waals surface area contributed by atoms with Crippen LogP contribution in [-0.4, -0.2) is 19.7 Å². The van der Waals surface area contributed by atoms with Crippen molar-refractivity contribution in [2.75, 3.05) is 0 Å². The minimum atomic E-state index is -0.261. The fourth-order valence-corrected chi connectivity index (χ4v) is 4.57. The highest BCUT2D eigenvalue weighted by molar-refractivity contribution is 7.98.